The molecule has 1 saturated heterocycles. The normalized spacial score (nSPS) is 23.3. The summed E-state index contributed by atoms with van der Waals surface area (Å²) in [4.78, 5) is 32.9. The molecule has 1 saturated carbocycles. The lowest BCUT2D eigenvalue weighted by atomic mass is 9.75. The van der Waals surface area contributed by atoms with Gasteiger partial charge < -0.3 is 0 Å². The fourth-order valence-electron chi connectivity index (χ4n) is 4.16. The van der Waals surface area contributed by atoms with Crippen molar-refractivity contribution in [3.8, 4) is 0 Å². The first-order valence-corrected chi connectivity index (χ1v) is 9.82. The molecule has 3 aliphatic rings. The van der Waals surface area contributed by atoms with Gasteiger partial charge in [-0.1, -0.05) is 19.9 Å². The number of allylic oxidation sites excluding steroid dienone is 4. The fraction of sp³-hybridized carbons (Fsp3) is 0.409. The van der Waals surface area contributed by atoms with E-state index in [9.17, 15) is 4.79 Å². The molecule has 0 aromatic carbocycles. The van der Waals surface area contributed by atoms with Gasteiger partial charge in [0.05, 0.1) is 17.3 Å². The molecule has 0 radical (unpaired) electrons. The van der Waals surface area contributed by atoms with Crippen molar-refractivity contribution in [2.24, 2.45) is 11.3 Å². The number of fused-ring (bicyclic) bond motifs is 1. The fourth-order valence-corrected chi connectivity index (χ4v) is 4.16. The number of nitrogens with zero attached hydrogens (tertiary/aromatic N) is 5. The zero-order valence-electron chi connectivity index (χ0n) is 16.4. The van der Waals surface area contributed by atoms with Crippen LogP contribution in [0.2, 0.25) is 0 Å². The Kier molecular flexibility index (Phi) is 3.73. The Bertz CT molecular complexity index is 1020. The lowest BCUT2D eigenvalue weighted by Gasteiger charge is -2.25. The van der Waals surface area contributed by atoms with Crippen LogP contribution in [-0.4, -0.2) is 25.8 Å². The third-order valence-electron chi connectivity index (χ3n) is 6.10. The second-order valence-electron chi connectivity index (χ2n) is 8.47. The molecule has 0 N–H and O–H groups in total. The van der Waals surface area contributed by atoms with E-state index in [0.29, 0.717) is 11.7 Å². The molecular weight excluding hydrogens is 350 g/mol. The lowest BCUT2D eigenvalue weighted by molar-refractivity contribution is -0.125. The van der Waals surface area contributed by atoms with Gasteiger partial charge in [0.2, 0.25) is 5.91 Å². The van der Waals surface area contributed by atoms with E-state index in [1.54, 1.807) is 11.1 Å². The molecule has 0 bridgehead atoms. The molecule has 1 amide bonds. The van der Waals surface area contributed by atoms with Crippen molar-refractivity contribution < 1.29 is 4.79 Å². The van der Waals surface area contributed by atoms with Crippen molar-refractivity contribution in [2.75, 3.05) is 4.90 Å². The van der Waals surface area contributed by atoms with Crippen LogP contribution >= 0.6 is 0 Å². The van der Waals surface area contributed by atoms with Gasteiger partial charge in [-0.3, -0.25) is 14.7 Å². The largest absolute Gasteiger partial charge is 0.273 e. The Labute approximate surface area is 164 Å². The molecule has 2 aliphatic carbocycles. The smallest absolute Gasteiger partial charge is 0.238 e. The average molecular weight is 373 g/mol. The number of carbonyl (C=O) groups excluding carboxylic acids is 1. The number of aromatic nitrogens is 4. The van der Waals surface area contributed by atoms with Crippen LogP contribution in [-0.2, 0) is 4.79 Å². The number of carbonyl (C=O) groups is 1. The summed E-state index contributed by atoms with van der Waals surface area (Å²) in [6, 6.07) is 0. The number of anilines is 1. The van der Waals surface area contributed by atoms with E-state index in [1.165, 1.54) is 0 Å². The van der Waals surface area contributed by atoms with Crippen LogP contribution < -0.4 is 4.90 Å². The van der Waals surface area contributed by atoms with Gasteiger partial charge in [-0.15, -0.1) is 0 Å². The van der Waals surface area contributed by atoms with Gasteiger partial charge >= 0.3 is 0 Å². The highest BCUT2D eigenvalue weighted by Gasteiger charge is 2.52. The Hall–Kier alpha value is -2.89. The predicted octanol–water partition coefficient (Wildman–Crippen LogP) is 3.81. The van der Waals surface area contributed by atoms with Crippen LogP contribution in [0.5, 0.6) is 0 Å². The van der Waals surface area contributed by atoms with Crippen molar-refractivity contribution >= 4 is 17.3 Å². The maximum Gasteiger partial charge on any atom is 0.238 e. The van der Waals surface area contributed by atoms with Crippen LogP contribution in [0.1, 0.15) is 56.1 Å². The highest BCUT2D eigenvalue weighted by atomic mass is 16.2. The van der Waals surface area contributed by atoms with Crippen LogP contribution in [0.15, 0.2) is 42.6 Å². The molecule has 6 nitrogen and oxygen atoms in total. The van der Waals surface area contributed by atoms with E-state index >= 15 is 0 Å². The van der Waals surface area contributed by atoms with Gasteiger partial charge in [0.15, 0.2) is 5.82 Å². The van der Waals surface area contributed by atoms with Crippen LogP contribution in [0.25, 0.3) is 5.57 Å². The van der Waals surface area contributed by atoms with Gasteiger partial charge in [-0.05, 0) is 37.8 Å². The highest BCUT2D eigenvalue weighted by molar-refractivity contribution is 6.04. The van der Waals surface area contributed by atoms with Crippen LogP contribution in [0, 0.1) is 18.3 Å². The highest BCUT2D eigenvalue weighted by Crippen LogP contribution is 2.50. The third kappa shape index (κ3) is 2.66. The molecule has 1 unspecified atom stereocenters. The number of amides is 1. The second kappa shape index (κ2) is 6.06. The number of hydrogen-bond acceptors (Lipinski definition) is 5. The lowest BCUT2D eigenvalue weighted by Crippen LogP contribution is -2.32. The maximum absolute atomic E-state index is 13.3. The summed E-state index contributed by atoms with van der Waals surface area (Å²) in [5.41, 5.74) is 3.52. The Morgan fingerprint density at radius 3 is 2.57 bits per heavy atom. The molecule has 5 rings (SSSR count). The Morgan fingerprint density at radius 2 is 1.86 bits per heavy atom. The Morgan fingerprint density at radius 1 is 1.11 bits per heavy atom. The minimum atomic E-state index is -0.477. The zero-order valence-corrected chi connectivity index (χ0v) is 16.4. The molecule has 2 aromatic rings. The topological polar surface area (TPSA) is 71.9 Å². The van der Waals surface area contributed by atoms with E-state index in [2.05, 4.69) is 27.1 Å². The van der Waals surface area contributed by atoms with Crippen molar-refractivity contribution in [1.29, 1.82) is 0 Å². The summed E-state index contributed by atoms with van der Waals surface area (Å²) in [6.45, 7) is 5.93. The van der Waals surface area contributed by atoms with Gasteiger partial charge in [0.25, 0.3) is 0 Å². The van der Waals surface area contributed by atoms with Crippen LogP contribution in [0.3, 0.4) is 0 Å². The molecule has 1 aliphatic heterocycles. The van der Waals surface area contributed by atoms with E-state index < -0.39 is 5.41 Å². The summed E-state index contributed by atoms with van der Waals surface area (Å²) in [5.74, 6) is 2.09. The van der Waals surface area contributed by atoms with Gasteiger partial charge in [-0.25, -0.2) is 15.0 Å². The zero-order chi connectivity index (χ0) is 19.5. The predicted molar refractivity (Wildman–Crippen MR) is 106 cm³/mol. The number of hydrogen-bond donors (Lipinski definition) is 0. The van der Waals surface area contributed by atoms with Gasteiger partial charge in [0, 0.05) is 41.7 Å². The second-order valence-corrected chi connectivity index (χ2v) is 8.47. The van der Waals surface area contributed by atoms with Crippen molar-refractivity contribution in [3.05, 3.63) is 59.7 Å². The van der Waals surface area contributed by atoms with Crippen molar-refractivity contribution in [2.45, 2.75) is 46.0 Å². The van der Waals surface area contributed by atoms with Gasteiger partial charge in [0.1, 0.15) is 5.82 Å². The van der Waals surface area contributed by atoms with E-state index in [1.807, 2.05) is 39.4 Å². The molecule has 142 valence electrons. The number of aryl methyl sites for hydroxylation is 1. The molecule has 6 heteroatoms. The van der Waals surface area contributed by atoms with Gasteiger partial charge in [-0.2, -0.15) is 0 Å². The van der Waals surface area contributed by atoms with E-state index in [0.717, 1.165) is 47.6 Å². The minimum absolute atomic E-state index is 0.0841. The number of rotatable bonds is 3. The molecule has 0 spiro atoms. The molecule has 3 heterocycles. The quantitative estimate of drug-likeness (QED) is 0.818. The van der Waals surface area contributed by atoms with Crippen molar-refractivity contribution in [1.82, 2.24) is 19.9 Å². The molecule has 2 aromatic heterocycles. The minimum Gasteiger partial charge on any atom is -0.273 e. The summed E-state index contributed by atoms with van der Waals surface area (Å²) < 4.78 is 0. The first-order chi connectivity index (χ1) is 13.4. The SMILES string of the molecule is Cc1ncc(C2=CCC3C(=C2)N(c2cncc(C4CC4)n2)C(=O)C3(C)C)cn1. The van der Waals surface area contributed by atoms with Crippen LogP contribution in [0.4, 0.5) is 5.82 Å². The molecular formula is C22H23N5O. The first-order valence-electron chi connectivity index (χ1n) is 9.82. The molecule has 2 fully saturated rings. The third-order valence-corrected chi connectivity index (χ3v) is 6.10. The first kappa shape index (κ1) is 17.2. The summed E-state index contributed by atoms with van der Waals surface area (Å²) in [5, 5.41) is 0. The molecule has 1 atom stereocenters. The average Bonchev–Trinajstić information content (AvgIpc) is 3.51. The summed E-state index contributed by atoms with van der Waals surface area (Å²) in [7, 11) is 0. The maximum atomic E-state index is 13.3. The van der Waals surface area contributed by atoms with E-state index in [4.69, 9.17) is 4.98 Å². The van der Waals surface area contributed by atoms with E-state index in [-0.39, 0.29) is 11.8 Å². The standard InChI is InChI=1S/C22H23N5O/c1-13-24-9-16(10-25-13)15-6-7-17-19(8-15)27(21(28)22(17,2)3)20-12-23-11-18(26-20)14-4-5-14/h6,8-12,14,17H,4-5,7H2,1-3H3. The summed E-state index contributed by atoms with van der Waals surface area (Å²) in [6.07, 6.45) is 14.6. The Balaban J connectivity index is 1.58. The summed E-state index contributed by atoms with van der Waals surface area (Å²) >= 11 is 0. The van der Waals surface area contributed by atoms with Crippen molar-refractivity contribution in [3.63, 3.8) is 0 Å². The molecule has 28 heavy (non-hydrogen) atoms. The monoisotopic (exact) mass is 373 g/mol.